The fraction of sp³-hybridized carbons (Fsp3) is 0. The summed E-state index contributed by atoms with van der Waals surface area (Å²) < 4.78 is 2.90. The predicted molar refractivity (Wildman–Crippen MR) is 152 cm³/mol. The van der Waals surface area contributed by atoms with Gasteiger partial charge in [0.15, 0.2) is 0 Å². The summed E-state index contributed by atoms with van der Waals surface area (Å²) in [5.74, 6) is 0. The Labute approximate surface area is 219 Å². The number of hydrogen-bond donors (Lipinski definition) is 4. The van der Waals surface area contributed by atoms with Crippen molar-refractivity contribution in [2.24, 2.45) is 0 Å². The van der Waals surface area contributed by atoms with E-state index in [-0.39, 0.29) is 0 Å². The first-order valence-corrected chi connectivity index (χ1v) is 12.2. The number of nitrogen functional groups attached to an aromatic ring is 2. The summed E-state index contributed by atoms with van der Waals surface area (Å²) in [6.07, 6.45) is 0. The van der Waals surface area contributed by atoms with Crippen LogP contribution in [0.1, 0.15) is 0 Å². The van der Waals surface area contributed by atoms with E-state index in [4.69, 9.17) is 21.5 Å². The molecule has 8 heteroatoms. The molecule has 0 heterocycles. The topological polar surface area (TPSA) is 92.5 Å². The van der Waals surface area contributed by atoms with E-state index in [9.17, 15) is 0 Å². The Kier molecular flexibility index (Phi) is 11.3. The van der Waals surface area contributed by atoms with Crippen LogP contribution in [-0.4, -0.2) is 17.2 Å². The third kappa shape index (κ3) is 8.25. The Morgan fingerprint density at radius 2 is 1.06 bits per heavy atom. The Bertz CT molecular complexity index is 1080. The monoisotopic (exact) mass is 666 g/mol. The lowest BCUT2D eigenvalue weighted by Crippen LogP contribution is -2.30. The maximum atomic E-state index is 8.73. The number of halogens is 3. The summed E-state index contributed by atoms with van der Waals surface area (Å²) in [5, 5.41) is 17.5. The SMILES string of the molecule is Nc1ccccc1-c1ccccc1Br.Nc1ccccc1I.OB(O)c1ccccc1Br. The Hall–Kier alpha value is -1.85. The average molecular weight is 668 g/mol. The van der Waals surface area contributed by atoms with Crippen LogP contribution >= 0.6 is 54.5 Å². The van der Waals surface area contributed by atoms with Crippen molar-refractivity contribution in [1.82, 2.24) is 0 Å². The second-order valence-electron chi connectivity index (χ2n) is 6.48. The molecule has 4 aromatic rings. The van der Waals surface area contributed by atoms with Crippen molar-refractivity contribution in [2.75, 3.05) is 11.5 Å². The lowest BCUT2D eigenvalue weighted by atomic mass is 9.80. The van der Waals surface area contributed by atoms with Gasteiger partial charge in [0.2, 0.25) is 0 Å². The maximum absolute atomic E-state index is 8.73. The van der Waals surface area contributed by atoms with Gasteiger partial charge in [-0.2, -0.15) is 0 Å². The largest absolute Gasteiger partial charge is 0.489 e. The molecule has 0 unspecified atom stereocenters. The van der Waals surface area contributed by atoms with Crippen LogP contribution in [0, 0.1) is 3.57 Å². The van der Waals surface area contributed by atoms with Gasteiger partial charge in [-0.1, -0.05) is 98.6 Å². The van der Waals surface area contributed by atoms with Crippen molar-refractivity contribution in [3.8, 4) is 11.1 Å². The molecule has 0 aromatic heterocycles. The smallest absolute Gasteiger partial charge is 0.423 e. The molecular formula is C24H22BBr2IN2O2. The van der Waals surface area contributed by atoms with Crippen LogP contribution in [0.25, 0.3) is 11.1 Å². The van der Waals surface area contributed by atoms with Gasteiger partial charge in [0.1, 0.15) is 0 Å². The van der Waals surface area contributed by atoms with Crippen molar-refractivity contribution < 1.29 is 10.0 Å². The zero-order chi connectivity index (χ0) is 23.5. The minimum atomic E-state index is -1.39. The molecule has 0 aliphatic heterocycles. The second kappa shape index (κ2) is 13.6. The minimum absolute atomic E-state index is 0.488. The van der Waals surface area contributed by atoms with Crippen LogP contribution in [0.15, 0.2) is 106 Å². The Morgan fingerprint density at radius 1 is 0.594 bits per heavy atom. The normalized spacial score (nSPS) is 9.66. The van der Waals surface area contributed by atoms with Crippen LogP contribution < -0.4 is 16.9 Å². The zero-order valence-corrected chi connectivity index (χ0v) is 22.3. The molecule has 0 radical (unpaired) electrons. The molecule has 32 heavy (non-hydrogen) atoms. The number of para-hydroxylation sites is 2. The van der Waals surface area contributed by atoms with Gasteiger partial charge in [0, 0.05) is 29.5 Å². The van der Waals surface area contributed by atoms with Crippen LogP contribution in [0.2, 0.25) is 0 Å². The summed E-state index contributed by atoms with van der Waals surface area (Å²) in [6.45, 7) is 0. The molecule has 0 spiro atoms. The third-order valence-electron chi connectivity index (χ3n) is 4.21. The molecule has 0 aliphatic rings. The molecule has 4 rings (SSSR count). The van der Waals surface area contributed by atoms with Crippen molar-refractivity contribution >= 4 is 78.4 Å². The summed E-state index contributed by atoms with van der Waals surface area (Å²) >= 11 is 8.89. The first-order valence-electron chi connectivity index (χ1n) is 9.51. The van der Waals surface area contributed by atoms with Gasteiger partial charge >= 0.3 is 7.12 Å². The summed E-state index contributed by atoms with van der Waals surface area (Å²) in [6, 6.07) is 30.7. The van der Waals surface area contributed by atoms with E-state index in [1.54, 1.807) is 18.2 Å². The van der Waals surface area contributed by atoms with Crippen LogP contribution in [0.3, 0.4) is 0 Å². The minimum Gasteiger partial charge on any atom is -0.423 e. The van der Waals surface area contributed by atoms with E-state index in [0.29, 0.717) is 9.94 Å². The number of benzene rings is 4. The molecule has 0 atom stereocenters. The predicted octanol–water partition coefficient (Wildman–Crippen LogP) is 5.70. The lowest BCUT2D eigenvalue weighted by molar-refractivity contribution is 0.425. The fourth-order valence-electron chi connectivity index (χ4n) is 2.58. The van der Waals surface area contributed by atoms with Crippen molar-refractivity contribution in [1.29, 1.82) is 0 Å². The van der Waals surface area contributed by atoms with E-state index in [1.165, 1.54) is 0 Å². The molecule has 0 fully saturated rings. The van der Waals surface area contributed by atoms with Crippen LogP contribution in [0.4, 0.5) is 11.4 Å². The van der Waals surface area contributed by atoms with E-state index in [0.717, 1.165) is 30.5 Å². The van der Waals surface area contributed by atoms with Crippen LogP contribution in [0.5, 0.6) is 0 Å². The standard InChI is InChI=1S/C12H10BrN.C6H6BBrO2.C6H6IN/c13-11-7-3-1-5-9(11)10-6-2-4-8-12(10)14;8-6-4-2-1-3-5(6)7(9)10;7-5-3-1-2-4-6(5)8/h1-8H,14H2;1-4,9-10H;1-4H,8H2. The molecule has 4 aromatic carbocycles. The highest BCUT2D eigenvalue weighted by Crippen LogP contribution is 2.31. The highest BCUT2D eigenvalue weighted by atomic mass is 127. The first-order chi connectivity index (χ1) is 15.3. The van der Waals surface area contributed by atoms with Gasteiger partial charge < -0.3 is 21.5 Å². The van der Waals surface area contributed by atoms with Gasteiger partial charge in [-0.05, 0) is 63.9 Å². The summed E-state index contributed by atoms with van der Waals surface area (Å²) in [5.41, 5.74) is 15.8. The Balaban J connectivity index is 0.000000178. The number of hydrogen-bond acceptors (Lipinski definition) is 4. The second-order valence-corrected chi connectivity index (χ2v) is 9.35. The highest BCUT2D eigenvalue weighted by Gasteiger charge is 2.12. The van der Waals surface area contributed by atoms with Gasteiger partial charge in [0.25, 0.3) is 0 Å². The number of rotatable bonds is 2. The maximum Gasteiger partial charge on any atom is 0.489 e. The van der Waals surface area contributed by atoms with E-state index >= 15 is 0 Å². The molecule has 4 nitrogen and oxygen atoms in total. The van der Waals surface area contributed by atoms with Gasteiger partial charge in [-0.25, -0.2) is 0 Å². The molecule has 6 N–H and O–H groups in total. The van der Waals surface area contributed by atoms with Gasteiger partial charge in [0.05, 0.1) is 0 Å². The van der Waals surface area contributed by atoms with Gasteiger partial charge in [-0.3, -0.25) is 0 Å². The number of nitrogens with two attached hydrogens (primary N) is 2. The number of anilines is 2. The van der Waals surface area contributed by atoms with E-state index < -0.39 is 7.12 Å². The molecule has 164 valence electrons. The zero-order valence-electron chi connectivity index (χ0n) is 17.0. The lowest BCUT2D eigenvalue weighted by Gasteiger charge is -2.06. The summed E-state index contributed by atoms with van der Waals surface area (Å²) in [4.78, 5) is 0. The molecule has 0 amide bonds. The van der Waals surface area contributed by atoms with Crippen molar-refractivity contribution in [3.05, 3.63) is 110 Å². The average Bonchev–Trinajstić information content (AvgIpc) is 2.78. The molecule has 0 bridgehead atoms. The third-order valence-corrected chi connectivity index (χ3v) is 6.61. The quantitative estimate of drug-likeness (QED) is 0.125. The summed E-state index contributed by atoms with van der Waals surface area (Å²) in [7, 11) is -1.39. The first kappa shape index (κ1) is 26.4. The van der Waals surface area contributed by atoms with E-state index in [1.807, 2.05) is 72.8 Å². The van der Waals surface area contributed by atoms with Crippen molar-refractivity contribution in [3.63, 3.8) is 0 Å². The Morgan fingerprint density at radius 3 is 1.50 bits per heavy atom. The fourth-order valence-corrected chi connectivity index (χ4v) is 3.96. The highest BCUT2D eigenvalue weighted by molar-refractivity contribution is 14.1. The van der Waals surface area contributed by atoms with E-state index in [2.05, 4.69) is 60.5 Å². The molecule has 0 aliphatic carbocycles. The van der Waals surface area contributed by atoms with Crippen LogP contribution in [-0.2, 0) is 0 Å². The molecule has 0 saturated carbocycles. The molecule has 0 saturated heterocycles. The van der Waals surface area contributed by atoms with Gasteiger partial charge in [-0.15, -0.1) is 0 Å². The van der Waals surface area contributed by atoms with Crippen molar-refractivity contribution in [2.45, 2.75) is 0 Å². The molecular weight excluding hydrogens is 646 g/mol.